The maximum absolute atomic E-state index is 12.7. The van der Waals surface area contributed by atoms with Crippen molar-refractivity contribution in [1.29, 1.82) is 0 Å². The van der Waals surface area contributed by atoms with E-state index >= 15 is 0 Å². The Morgan fingerprint density at radius 2 is 1.96 bits per heavy atom. The number of nitrogens with zero attached hydrogens (tertiary/aromatic N) is 4. The van der Waals surface area contributed by atoms with Crippen molar-refractivity contribution in [3.8, 4) is 0 Å². The van der Waals surface area contributed by atoms with Crippen molar-refractivity contribution in [1.82, 2.24) is 14.9 Å². The van der Waals surface area contributed by atoms with Crippen LogP contribution < -0.4 is 0 Å². The van der Waals surface area contributed by atoms with Crippen LogP contribution in [0.1, 0.15) is 18.4 Å². The van der Waals surface area contributed by atoms with Gasteiger partial charge in [0, 0.05) is 42.3 Å². The van der Waals surface area contributed by atoms with Gasteiger partial charge in [0.05, 0.1) is 11.0 Å². The van der Waals surface area contributed by atoms with E-state index in [2.05, 4.69) is 9.97 Å². The maximum atomic E-state index is 12.7. The molecule has 4 rings (SSSR count). The molecule has 1 aromatic heterocycles. The first-order valence-corrected chi connectivity index (χ1v) is 9.25. The minimum absolute atomic E-state index is 0.0272. The third-order valence-corrected chi connectivity index (χ3v) is 5.44. The predicted molar refractivity (Wildman–Crippen MR) is 97.7 cm³/mol. The lowest BCUT2D eigenvalue weighted by atomic mass is 10.0. The Labute approximate surface area is 163 Å². The lowest BCUT2D eigenvalue weighted by Gasteiger charge is -2.35. The van der Waals surface area contributed by atoms with Crippen LogP contribution >= 0.6 is 11.8 Å². The van der Waals surface area contributed by atoms with Gasteiger partial charge in [-0.15, -0.1) is 0 Å². The molecule has 0 saturated carbocycles. The summed E-state index contributed by atoms with van der Waals surface area (Å²) in [5.74, 6) is -0.718. The first-order valence-electron chi connectivity index (χ1n) is 8.43. The molecule has 9 nitrogen and oxygen atoms in total. The average Bonchev–Trinajstić information content (AvgIpc) is 2.99. The lowest BCUT2D eigenvalue weighted by molar-refractivity contribution is -0.384. The second-order valence-corrected chi connectivity index (χ2v) is 7.29. The Kier molecular flexibility index (Phi) is 4.78. The van der Waals surface area contributed by atoms with Crippen LogP contribution in [0.15, 0.2) is 58.5 Å². The molecule has 142 valence electrons. The first-order chi connectivity index (χ1) is 13.5. The van der Waals surface area contributed by atoms with Gasteiger partial charge in [-0.2, -0.15) is 0 Å². The molecular weight excluding hydrogens is 384 g/mol. The number of carbonyl (C=O) groups excluding carboxylic acids is 2. The summed E-state index contributed by atoms with van der Waals surface area (Å²) >= 11 is 1.25. The number of hydrogen-bond acceptors (Lipinski definition) is 8. The monoisotopic (exact) mass is 398 g/mol. The molecule has 2 aliphatic rings. The topological polar surface area (TPSA) is 116 Å². The highest BCUT2D eigenvalue weighted by molar-refractivity contribution is 8.03. The fraction of sp³-hybridized carbons (Fsp3) is 0.222. The molecule has 0 radical (unpaired) electrons. The van der Waals surface area contributed by atoms with Crippen LogP contribution in [-0.4, -0.2) is 37.7 Å². The normalized spacial score (nSPS) is 17.9. The van der Waals surface area contributed by atoms with Crippen LogP contribution in [0.3, 0.4) is 0 Å². The number of aromatic nitrogens is 2. The molecule has 0 bridgehead atoms. The summed E-state index contributed by atoms with van der Waals surface area (Å²) < 4.78 is 5.37. The molecule has 0 spiro atoms. The summed E-state index contributed by atoms with van der Waals surface area (Å²) in [4.78, 5) is 45.4. The Balaban J connectivity index is 1.50. The van der Waals surface area contributed by atoms with E-state index in [0.717, 1.165) is 0 Å². The fourth-order valence-electron chi connectivity index (χ4n) is 3.08. The SMILES string of the molecule is O=C(OCc1ccc([N+](=O)[O-])cc1)C1=C(Sc2ncccn2)CC2CC(=O)N12. The van der Waals surface area contributed by atoms with Crippen LogP contribution in [0.2, 0.25) is 0 Å². The Hall–Kier alpha value is -3.27. The van der Waals surface area contributed by atoms with Crippen molar-refractivity contribution < 1.29 is 19.2 Å². The van der Waals surface area contributed by atoms with Crippen LogP contribution in [0.25, 0.3) is 0 Å². The number of benzene rings is 1. The van der Waals surface area contributed by atoms with Crippen molar-refractivity contribution in [2.24, 2.45) is 0 Å². The van der Waals surface area contributed by atoms with E-state index < -0.39 is 10.9 Å². The number of hydrogen-bond donors (Lipinski definition) is 0. The highest BCUT2D eigenvalue weighted by Crippen LogP contribution is 2.44. The largest absolute Gasteiger partial charge is 0.456 e. The first kappa shape index (κ1) is 18.1. The predicted octanol–water partition coefficient (Wildman–Crippen LogP) is 2.44. The molecule has 1 fully saturated rings. The number of amides is 1. The molecule has 10 heteroatoms. The molecule has 1 atom stereocenters. The van der Waals surface area contributed by atoms with E-state index in [4.69, 9.17) is 4.74 Å². The van der Waals surface area contributed by atoms with Gasteiger partial charge >= 0.3 is 5.97 Å². The minimum Gasteiger partial charge on any atom is -0.456 e. The van der Waals surface area contributed by atoms with Gasteiger partial charge in [0.25, 0.3) is 5.69 Å². The zero-order valence-corrected chi connectivity index (χ0v) is 15.3. The van der Waals surface area contributed by atoms with Crippen molar-refractivity contribution >= 4 is 29.3 Å². The molecule has 1 unspecified atom stereocenters. The third kappa shape index (κ3) is 3.46. The van der Waals surface area contributed by atoms with E-state index in [9.17, 15) is 19.7 Å². The molecule has 28 heavy (non-hydrogen) atoms. The number of rotatable bonds is 6. The summed E-state index contributed by atoms with van der Waals surface area (Å²) in [6, 6.07) is 7.42. The van der Waals surface area contributed by atoms with Gasteiger partial charge in [0.1, 0.15) is 12.3 Å². The zero-order valence-electron chi connectivity index (χ0n) is 14.5. The Morgan fingerprint density at radius 3 is 2.61 bits per heavy atom. The van der Waals surface area contributed by atoms with Crippen molar-refractivity contribution in [3.63, 3.8) is 0 Å². The third-order valence-electron chi connectivity index (χ3n) is 4.44. The number of ether oxygens (including phenoxy) is 1. The molecule has 2 aromatic rings. The molecule has 1 saturated heterocycles. The summed E-state index contributed by atoms with van der Waals surface area (Å²) in [5.41, 5.74) is 0.814. The smallest absolute Gasteiger partial charge is 0.356 e. The van der Waals surface area contributed by atoms with Crippen molar-refractivity contribution in [3.05, 3.63) is 69.0 Å². The van der Waals surface area contributed by atoms with Gasteiger partial charge in [0.15, 0.2) is 5.16 Å². The highest BCUT2D eigenvalue weighted by atomic mass is 32.2. The molecule has 1 amide bonds. The van der Waals surface area contributed by atoms with Crippen LogP contribution in [-0.2, 0) is 20.9 Å². The minimum atomic E-state index is -0.604. The number of nitro benzene ring substituents is 1. The number of carbonyl (C=O) groups is 2. The number of thioether (sulfide) groups is 1. The Bertz CT molecular complexity index is 977. The van der Waals surface area contributed by atoms with Crippen LogP contribution in [0.4, 0.5) is 5.69 Å². The number of β-lactam (4-membered cyclic amide) rings is 1. The molecule has 1 aromatic carbocycles. The molecule has 2 aliphatic heterocycles. The van der Waals surface area contributed by atoms with Gasteiger partial charge in [-0.1, -0.05) is 11.8 Å². The van der Waals surface area contributed by atoms with E-state index in [1.54, 1.807) is 18.5 Å². The Morgan fingerprint density at radius 1 is 1.25 bits per heavy atom. The maximum Gasteiger partial charge on any atom is 0.356 e. The standard InChI is InChI=1S/C18H14N4O5S/c23-15-9-13-8-14(28-18-19-6-1-7-20-18)16(21(13)15)17(24)27-10-11-2-4-12(5-3-11)22(25)26/h1-7,13H,8-10H2. The lowest BCUT2D eigenvalue weighted by Crippen LogP contribution is -2.49. The van der Waals surface area contributed by atoms with Gasteiger partial charge in [0.2, 0.25) is 5.91 Å². The number of esters is 1. The molecular formula is C18H14N4O5S. The summed E-state index contributed by atoms with van der Waals surface area (Å²) in [6.45, 7) is -0.0488. The quantitative estimate of drug-likeness (QED) is 0.240. The van der Waals surface area contributed by atoms with Crippen molar-refractivity contribution in [2.45, 2.75) is 30.6 Å². The second kappa shape index (κ2) is 7.39. The van der Waals surface area contributed by atoms with Gasteiger partial charge in [-0.05, 0) is 23.8 Å². The average molecular weight is 398 g/mol. The highest BCUT2D eigenvalue weighted by Gasteiger charge is 2.48. The fourth-order valence-corrected chi connectivity index (χ4v) is 4.08. The van der Waals surface area contributed by atoms with E-state index in [1.165, 1.54) is 40.9 Å². The van der Waals surface area contributed by atoms with Gasteiger partial charge < -0.3 is 9.64 Å². The summed E-state index contributed by atoms with van der Waals surface area (Å²) in [5, 5.41) is 11.2. The molecule has 3 heterocycles. The van der Waals surface area contributed by atoms with Crippen LogP contribution in [0.5, 0.6) is 0 Å². The van der Waals surface area contributed by atoms with E-state index in [-0.39, 0.29) is 29.9 Å². The molecule has 0 N–H and O–H groups in total. The summed E-state index contributed by atoms with van der Waals surface area (Å²) in [6.07, 6.45) is 4.18. The van der Waals surface area contributed by atoms with Crippen LogP contribution in [0, 0.1) is 10.1 Å². The number of fused-ring (bicyclic) bond motifs is 1. The van der Waals surface area contributed by atoms with E-state index in [1.807, 2.05) is 0 Å². The van der Waals surface area contributed by atoms with Crippen molar-refractivity contribution in [2.75, 3.05) is 0 Å². The van der Waals surface area contributed by atoms with Gasteiger partial charge in [-0.3, -0.25) is 14.9 Å². The number of nitro groups is 1. The summed E-state index contributed by atoms with van der Waals surface area (Å²) in [7, 11) is 0. The number of non-ortho nitro benzene ring substituents is 1. The second-order valence-electron chi connectivity index (χ2n) is 6.23. The molecule has 0 aliphatic carbocycles. The van der Waals surface area contributed by atoms with Gasteiger partial charge in [-0.25, -0.2) is 14.8 Å². The zero-order chi connectivity index (χ0) is 19.7. The van der Waals surface area contributed by atoms with E-state index in [0.29, 0.717) is 28.5 Å².